The fourth-order valence-electron chi connectivity index (χ4n) is 3.37. The molecule has 0 amide bonds. The standard InChI is InChI=1S/C19H21BrO2/c1-14-7-5-6-10-17(14)19(11-15(12-21)13-22-19)18(20)16-8-3-2-4-9-16/h2-10,15,18,21H,11-13H2,1H3/t15-,18?,19-/m1/s1. The average molecular weight is 361 g/mol. The van der Waals surface area contributed by atoms with Gasteiger partial charge in [0.15, 0.2) is 0 Å². The molecule has 0 bridgehead atoms. The van der Waals surface area contributed by atoms with Crippen molar-refractivity contribution in [2.75, 3.05) is 13.2 Å². The Labute approximate surface area is 140 Å². The third kappa shape index (κ3) is 2.73. The summed E-state index contributed by atoms with van der Waals surface area (Å²) in [6.45, 7) is 2.89. The number of aryl methyl sites for hydroxylation is 1. The lowest BCUT2D eigenvalue weighted by Gasteiger charge is -2.35. The first-order valence-corrected chi connectivity index (χ1v) is 8.59. The molecule has 1 heterocycles. The summed E-state index contributed by atoms with van der Waals surface area (Å²) in [6, 6.07) is 18.7. The Morgan fingerprint density at radius 1 is 1.18 bits per heavy atom. The average Bonchev–Trinajstić information content (AvgIpc) is 3.01. The van der Waals surface area contributed by atoms with Gasteiger partial charge in [0.05, 0.1) is 11.4 Å². The van der Waals surface area contributed by atoms with Crippen LogP contribution in [0.4, 0.5) is 0 Å². The molecular weight excluding hydrogens is 340 g/mol. The van der Waals surface area contributed by atoms with Gasteiger partial charge in [0.25, 0.3) is 0 Å². The molecule has 3 heteroatoms. The molecule has 3 rings (SSSR count). The van der Waals surface area contributed by atoms with E-state index in [1.54, 1.807) is 0 Å². The van der Waals surface area contributed by atoms with Crippen molar-refractivity contribution >= 4 is 15.9 Å². The molecule has 2 nitrogen and oxygen atoms in total. The topological polar surface area (TPSA) is 29.5 Å². The van der Waals surface area contributed by atoms with Crippen LogP contribution in [0.3, 0.4) is 0 Å². The van der Waals surface area contributed by atoms with Gasteiger partial charge in [0.2, 0.25) is 0 Å². The van der Waals surface area contributed by atoms with Gasteiger partial charge in [-0.25, -0.2) is 0 Å². The van der Waals surface area contributed by atoms with Crippen molar-refractivity contribution in [1.29, 1.82) is 0 Å². The summed E-state index contributed by atoms with van der Waals surface area (Å²) in [5.41, 5.74) is 3.20. The number of halogens is 1. The molecule has 2 aromatic rings. The van der Waals surface area contributed by atoms with Crippen LogP contribution in [-0.4, -0.2) is 18.3 Å². The molecule has 0 radical (unpaired) electrons. The Morgan fingerprint density at radius 3 is 2.50 bits per heavy atom. The molecule has 0 saturated carbocycles. The van der Waals surface area contributed by atoms with Crippen molar-refractivity contribution < 1.29 is 9.84 Å². The predicted molar refractivity (Wildman–Crippen MR) is 92.1 cm³/mol. The summed E-state index contributed by atoms with van der Waals surface area (Å²) in [5, 5.41) is 9.57. The van der Waals surface area contributed by atoms with Gasteiger partial charge in [0, 0.05) is 12.5 Å². The SMILES string of the molecule is Cc1ccccc1[C@@]1(C(Br)c2ccccc2)C[C@H](CO)CO1. The van der Waals surface area contributed by atoms with Crippen molar-refractivity contribution in [3.05, 3.63) is 71.3 Å². The van der Waals surface area contributed by atoms with Crippen LogP contribution in [0, 0.1) is 12.8 Å². The highest BCUT2D eigenvalue weighted by Crippen LogP contribution is 2.52. The molecule has 1 N–H and O–H groups in total. The smallest absolute Gasteiger partial charge is 0.110 e. The molecule has 0 aliphatic carbocycles. The monoisotopic (exact) mass is 360 g/mol. The normalized spacial score (nSPS) is 26.0. The van der Waals surface area contributed by atoms with Gasteiger partial charge in [-0.3, -0.25) is 0 Å². The van der Waals surface area contributed by atoms with Crippen LogP contribution in [0.25, 0.3) is 0 Å². The second kappa shape index (κ2) is 6.53. The third-order valence-corrected chi connectivity index (χ3v) is 5.80. The maximum atomic E-state index is 9.57. The van der Waals surface area contributed by atoms with Crippen LogP contribution in [0.5, 0.6) is 0 Å². The molecule has 1 aliphatic heterocycles. The molecule has 1 unspecified atom stereocenters. The second-order valence-electron chi connectivity index (χ2n) is 6.04. The Hall–Kier alpha value is -1.16. The van der Waals surface area contributed by atoms with E-state index in [2.05, 4.69) is 59.3 Å². The number of ether oxygens (including phenoxy) is 1. The number of rotatable bonds is 4. The molecular formula is C19H21BrO2. The minimum atomic E-state index is -0.430. The van der Waals surface area contributed by atoms with E-state index in [4.69, 9.17) is 4.74 Å². The van der Waals surface area contributed by atoms with Crippen molar-refractivity contribution in [3.8, 4) is 0 Å². The highest BCUT2D eigenvalue weighted by Gasteiger charge is 2.48. The van der Waals surface area contributed by atoms with Crippen molar-refractivity contribution in [2.24, 2.45) is 5.92 Å². The van der Waals surface area contributed by atoms with Gasteiger partial charge in [-0.05, 0) is 30.0 Å². The Bertz CT molecular complexity index is 628. The summed E-state index contributed by atoms with van der Waals surface area (Å²) >= 11 is 3.89. The maximum Gasteiger partial charge on any atom is 0.110 e. The molecule has 1 aliphatic rings. The molecule has 2 aromatic carbocycles. The fourth-order valence-corrected chi connectivity index (χ4v) is 4.24. The van der Waals surface area contributed by atoms with E-state index in [0.717, 1.165) is 6.42 Å². The zero-order valence-electron chi connectivity index (χ0n) is 12.7. The van der Waals surface area contributed by atoms with E-state index in [9.17, 15) is 5.11 Å². The lowest BCUT2D eigenvalue weighted by atomic mass is 9.80. The van der Waals surface area contributed by atoms with E-state index in [1.165, 1.54) is 16.7 Å². The van der Waals surface area contributed by atoms with E-state index < -0.39 is 5.60 Å². The molecule has 1 saturated heterocycles. The van der Waals surface area contributed by atoms with Crippen molar-refractivity contribution in [2.45, 2.75) is 23.8 Å². The molecule has 0 spiro atoms. The highest BCUT2D eigenvalue weighted by atomic mass is 79.9. The Morgan fingerprint density at radius 2 is 1.86 bits per heavy atom. The lowest BCUT2D eigenvalue weighted by molar-refractivity contribution is -0.00260. The van der Waals surface area contributed by atoms with Gasteiger partial charge in [0.1, 0.15) is 5.60 Å². The summed E-state index contributed by atoms with van der Waals surface area (Å²) < 4.78 is 6.32. The van der Waals surface area contributed by atoms with Gasteiger partial charge >= 0.3 is 0 Å². The third-order valence-electron chi connectivity index (χ3n) is 4.53. The molecule has 0 aromatic heterocycles. The second-order valence-corrected chi connectivity index (χ2v) is 6.96. The summed E-state index contributed by atoms with van der Waals surface area (Å²) in [4.78, 5) is 0.0545. The predicted octanol–water partition coefficient (Wildman–Crippen LogP) is 4.36. The van der Waals surface area contributed by atoms with Gasteiger partial charge in [-0.15, -0.1) is 0 Å². The largest absolute Gasteiger partial charge is 0.396 e. The number of hydrogen-bond acceptors (Lipinski definition) is 2. The van der Waals surface area contributed by atoms with Gasteiger partial charge in [-0.2, -0.15) is 0 Å². The van der Waals surface area contributed by atoms with Crippen LogP contribution < -0.4 is 0 Å². The van der Waals surface area contributed by atoms with Gasteiger partial charge < -0.3 is 9.84 Å². The quantitative estimate of drug-likeness (QED) is 0.821. The molecule has 3 atom stereocenters. The lowest BCUT2D eigenvalue weighted by Crippen LogP contribution is -2.31. The number of benzene rings is 2. The van der Waals surface area contributed by atoms with Crippen molar-refractivity contribution in [1.82, 2.24) is 0 Å². The minimum absolute atomic E-state index is 0.0545. The summed E-state index contributed by atoms with van der Waals surface area (Å²) in [7, 11) is 0. The van der Waals surface area contributed by atoms with E-state index in [1.807, 2.05) is 18.2 Å². The minimum Gasteiger partial charge on any atom is -0.396 e. The molecule has 22 heavy (non-hydrogen) atoms. The van der Waals surface area contributed by atoms with Crippen molar-refractivity contribution in [3.63, 3.8) is 0 Å². The zero-order chi connectivity index (χ0) is 15.6. The Balaban J connectivity index is 2.07. The number of alkyl halides is 1. The molecule has 116 valence electrons. The first-order valence-electron chi connectivity index (χ1n) is 7.67. The first kappa shape index (κ1) is 15.7. The van der Waals surface area contributed by atoms with Crippen LogP contribution in [0.2, 0.25) is 0 Å². The summed E-state index contributed by atoms with van der Waals surface area (Å²) in [6.07, 6.45) is 0.819. The fraction of sp³-hybridized carbons (Fsp3) is 0.368. The van der Waals surface area contributed by atoms with Gasteiger partial charge in [-0.1, -0.05) is 70.5 Å². The van der Waals surface area contributed by atoms with E-state index in [-0.39, 0.29) is 17.4 Å². The summed E-state index contributed by atoms with van der Waals surface area (Å²) in [5.74, 6) is 0.184. The first-order chi connectivity index (χ1) is 10.7. The van der Waals surface area contributed by atoms with Crippen LogP contribution in [0.1, 0.15) is 27.9 Å². The van der Waals surface area contributed by atoms with E-state index >= 15 is 0 Å². The van der Waals surface area contributed by atoms with Crippen LogP contribution in [-0.2, 0) is 10.3 Å². The van der Waals surface area contributed by atoms with Crippen LogP contribution in [0.15, 0.2) is 54.6 Å². The Kier molecular flexibility index (Phi) is 4.67. The molecule has 1 fully saturated rings. The maximum absolute atomic E-state index is 9.57. The number of hydrogen-bond donors (Lipinski definition) is 1. The van der Waals surface area contributed by atoms with E-state index in [0.29, 0.717) is 6.61 Å². The van der Waals surface area contributed by atoms with Crippen LogP contribution >= 0.6 is 15.9 Å². The number of aliphatic hydroxyl groups is 1. The zero-order valence-corrected chi connectivity index (χ0v) is 14.3. The number of aliphatic hydroxyl groups excluding tert-OH is 1. The highest BCUT2D eigenvalue weighted by molar-refractivity contribution is 9.09.